The number of hydrogen-bond acceptors (Lipinski definition) is 6. The monoisotopic (exact) mass is 263 g/mol. The van der Waals surface area contributed by atoms with Crippen LogP contribution in [0.15, 0.2) is 42.6 Å². The fraction of sp³-hybridized carbons (Fsp3) is 0. The number of aldehydes is 1. The van der Waals surface area contributed by atoms with E-state index in [9.17, 15) is 25.0 Å². The van der Waals surface area contributed by atoms with Crippen molar-refractivity contribution in [1.82, 2.24) is 0 Å². The lowest BCUT2D eigenvalue weighted by Gasteiger charge is -2.01. The van der Waals surface area contributed by atoms with E-state index in [4.69, 9.17) is 0 Å². The van der Waals surface area contributed by atoms with Crippen LogP contribution in [-0.2, 0) is 4.79 Å². The fourth-order valence-corrected chi connectivity index (χ4v) is 1.21. The highest BCUT2D eigenvalue weighted by atomic mass is 16.6. The normalized spacial score (nSPS) is 10.7. The minimum Gasteiger partial charge on any atom is -0.356 e. The standard InChI is InChI=1S/C11H9N3O5/c15-7-3-1-2-6-12-10-5-4-9(13(16)17)8-11(10)14(18)19/h1-8,12H. The van der Waals surface area contributed by atoms with Crippen LogP contribution in [0.2, 0.25) is 0 Å². The molecule has 0 unspecified atom stereocenters. The molecule has 1 rings (SSSR count). The molecule has 0 aliphatic rings. The van der Waals surface area contributed by atoms with Gasteiger partial charge in [-0.25, -0.2) is 0 Å². The molecule has 0 aliphatic carbocycles. The molecule has 0 amide bonds. The summed E-state index contributed by atoms with van der Waals surface area (Å²) in [5, 5.41) is 23.9. The van der Waals surface area contributed by atoms with Crippen LogP contribution in [0.4, 0.5) is 17.1 Å². The summed E-state index contributed by atoms with van der Waals surface area (Å²) in [4.78, 5) is 29.9. The number of rotatable bonds is 6. The number of nitrogens with zero attached hydrogens (tertiary/aromatic N) is 2. The second-order valence-corrected chi connectivity index (χ2v) is 3.24. The zero-order chi connectivity index (χ0) is 14.3. The van der Waals surface area contributed by atoms with E-state index in [2.05, 4.69) is 5.32 Å². The van der Waals surface area contributed by atoms with Crippen LogP contribution in [-0.4, -0.2) is 16.1 Å². The number of nitro groups is 2. The minimum absolute atomic E-state index is 0.117. The molecule has 0 saturated carbocycles. The lowest BCUT2D eigenvalue weighted by molar-refractivity contribution is -0.393. The van der Waals surface area contributed by atoms with Gasteiger partial charge in [0.25, 0.3) is 11.4 Å². The Hall–Kier alpha value is -3.03. The highest BCUT2D eigenvalue weighted by Crippen LogP contribution is 2.28. The first kappa shape index (κ1) is 14.0. The summed E-state index contributed by atoms with van der Waals surface area (Å²) in [5.74, 6) is 0. The summed E-state index contributed by atoms with van der Waals surface area (Å²) < 4.78 is 0. The number of hydrogen-bond donors (Lipinski definition) is 1. The first-order valence-electron chi connectivity index (χ1n) is 5.02. The van der Waals surface area contributed by atoms with E-state index in [-0.39, 0.29) is 11.4 Å². The lowest BCUT2D eigenvalue weighted by Crippen LogP contribution is -1.97. The Morgan fingerprint density at radius 1 is 1.05 bits per heavy atom. The number of carbonyl (C=O) groups is 1. The van der Waals surface area contributed by atoms with Crippen molar-refractivity contribution in [2.24, 2.45) is 0 Å². The molecule has 0 aliphatic heterocycles. The second-order valence-electron chi connectivity index (χ2n) is 3.24. The van der Waals surface area contributed by atoms with E-state index in [1.165, 1.54) is 30.5 Å². The number of non-ortho nitro benzene ring substituents is 1. The first-order chi connectivity index (χ1) is 9.06. The number of nitrogens with one attached hydrogen (secondary N) is 1. The third-order valence-electron chi connectivity index (χ3n) is 2.02. The Bertz CT molecular complexity index is 565. The summed E-state index contributed by atoms with van der Waals surface area (Å²) in [5.41, 5.74) is -0.647. The van der Waals surface area contributed by atoms with Gasteiger partial charge < -0.3 is 5.32 Å². The topological polar surface area (TPSA) is 115 Å². The van der Waals surface area contributed by atoms with Crippen molar-refractivity contribution in [2.75, 3.05) is 5.32 Å². The van der Waals surface area contributed by atoms with Gasteiger partial charge in [-0.05, 0) is 18.2 Å². The van der Waals surface area contributed by atoms with Crippen molar-refractivity contribution in [1.29, 1.82) is 0 Å². The maximum Gasteiger partial charge on any atom is 0.299 e. The van der Waals surface area contributed by atoms with E-state index in [1.807, 2.05) is 0 Å². The van der Waals surface area contributed by atoms with Gasteiger partial charge in [0.2, 0.25) is 0 Å². The highest BCUT2D eigenvalue weighted by molar-refractivity contribution is 5.67. The van der Waals surface area contributed by atoms with Crippen LogP contribution in [0.1, 0.15) is 0 Å². The van der Waals surface area contributed by atoms with Crippen LogP contribution < -0.4 is 5.32 Å². The predicted molar refractivity (Wildman–Crippen MR) is 67.7 cm³/mol. The van der Waals surface area contributed by atoms with Crippen LogP contribution in [0.25, 0.3) is 0 Å². The van der Waals surface area contributed by atoms with Crippen LogP contribution in [0, 0.1) is 20.2 Å². The van der Waals surface area contributed by atoms with Gasteiger partial charge in [-0.15, -0.1) is 0 Å². The number of nitro benzene ring substituents is 2. The largest absolute Gasteiger partial charge is 0.356 e. The maximum atomic E-state index is 10.8. The number of benzene rings is 1. The molecular weight excluding hydrogens is 254 g/mol. The molecular formula is C11H9N3O5. The quantitative estimate of drug-likeness (QED) is 0.276. The van der Waals surface area contributed by atoms with Crippen LogP contribution in [0.5, 0.6) is 0 Å². The van der Waals surface area contributed by atoms with Gasteiger partial charge in [-0.3, -0.25) is 25.0 Å². The van der Waals surface area contributed by atoms with E-state index < -0.39 is 15.5 Å². The number of carbonyl (C=O) groups excluding carboxylic acids is 1. The Labute approximate surface area is 107 Å². The van der Waals surface area contributed by atoms with Gasteiger partial charge in [0.05, 0.1) is 15.9 Å². The van der Waals surface area contributed by atoms with Crippen LogP contribution in [0.3, 0.4) is 0 Å². The van der Waals surface area contributed by atoms with Gasteiger partial charge >= 0.3 is 0 Å². The lowest BCUT2D eigenvalue weighted by atomic mass is 10.2. The van der Waals surface area contributed by atoms with Gasteiger partial charge in [0.1, 0.15) is 12.0 Å². The molecule has 0 atom stereocenters. The van der Waals surface area contributed by atoms with Gasteiger partial charge in [0, 0.05) is 12.3 Å². The molecule has 98 valence electrons. The first-order valence-corrected chi connectivity index (χ1v) is 5.02. The summed E-state index contributed by atoms with van der Waals surface area (Å²) in [6, 6.07) is 3.27. The maximum absolute atomic E-state index is 10.8. The summed E-state index contributed by atoms with van der Waals surface area (Å²) in [7, 11) is 0. The van der Waals surface area contributed by atoms with E-state index >= 15 is 0 Å². The predicted octanol–water partition coefficient (Wildman–Crippen LogP) is 2.18. The van der Waals surface area contributed by atoms with Crippen molar-refractivity contribution in [2.45, 2.75) is 0 Å². The molecule has 19 heavy (non-hydrogen) atoms. The third kappa shape index (κ3) is 4.04. The molecule has 8 nitrogen and oxygen atoms in total. The highest BCUT2D eigenvalue weighted by Gasteiger charge is 2.18. The van der Waals surface area contributed by atoms with E-state index in [1.54, 1.807) is 0 Å². The van der Waals surface area contributed by atoms with E-state index in [0.29, 0.717) is 6.29 Å². The molecule has 0 spiro atoms. The zero-order valence-corrected chi connectivity index (χ0v) is 9.55. The van der Waals surface area contributed by atoms with Crippen molar-refractivity contribution < 1.29 is 14.6 Å². The van der Waals surface area contributed by atoms with E-state index in [0.717, 1.165) is 12.1 Å². The summed E-state index contributed by atoms with van der Waals surface area (Å²) in [6.45, 7) is 0. The van der Waals surface area contributed by atoms with Crippen LogP contribution >= 0.6 is 0 Å². The van der Waals surface area contributed by atoms with Gasteiger partial charge in [-0.1, -0.05) is 6.08 Å². The SMILES string of the molecule is O=CC=CC=CNc1ccc([N+](=O)[O-])cc1[N+](=O)[O-]. The van der Waals surface area contributed by atoms with Gasteiger partial charge in [0.15, 0.2) is 0 Å². The minimum atomic E-state index is -0.718. The Morgan fingerprint density at radius 2 is 1.79 bits per heavy atom. The molecule has 8 heteroatoms. The molecule has 1 aromatic carbocycles. The Kier molecular flexibility index (Phi) is 4.91. The van der Waals surface area contributed by atoms with Crippen molar-refractivity contribution in [3.8, 4) is 0 Å². The Morgan fingerprint density at radius 3 is 2.37 bits per heavy atom. The molecule has 0 radical (unpaired) electrons. The van der Waals surface area contributed by atoms with Crippen molar-refractivity contribution in [3.05, 3.63) is 62.9 Å². The Balaban J connectivity index is 2.97. The molecule has 0 fully saturated rings. The summed E-state index contributed by atoms with van der Waals surface area (Å²) >= 11 is 0. The smallest absolute Gasteiger partial charge is 0.299 e. The van der Waals surface area contributed by atoms with Crippen molar-refractivity contribution >= 4 is 23.3 Å². The average molecular weight is 263 g/mol. The molecule has 0 heterocycles. The average Bonchev–Trinajstić information content (AvgIpc) is 2.38. The molecule has 0 aromatic heterocycles. The molecule has 1 N–H and O–H groups in total. The van der Waals surface area contributed by atoms with Gasteiger partial charge in [-0.2, -0.15) is 0 Å². The molecule has 0 saturated heterocycles. The summed E-state index contributed by atoms with van der Waals surface area (Å²) in [6.07, 6.45) is 6.08. The molecule has 1 aromatic rings. The second kappa shape index (κ2) is 6.64. The number of anilines is 1. The van der Waals surface area contributed by atoms with Crippen molar-refractivity contribution in [3.63, 3.8) is 0 Å². The third-order valence-corrected chi connectivity index (χ3v) is 2.02. The number of allylic oxidation sites excluding steroid dienone is 3. The fourth-order valence-electron chi connectivity index (χ4n) is 1.21. The zero-order valence-electron chi connectivity index (χ0n) is 9.55. The molecule has 0 bridgehead atoms.